The fourth-order valence-corrected chi connectivity index (χ4v) is 4.72. The molecule has 2 aromatic rings. The Bertz CT molecular complexity index is 874. The number of sulfonamides is 1. The maximum absolute atomic E-state index is 12.6. The van der Waals surface area contributed by atoms with Crippen molar-refractivity contribution in [3.05, 3.63) is 40.5 Å². The third-order valence-corrected chi connectivity index (χ3v) is 6.20. The van der Waals surface area contributed by atoms with E-state index in [1.54, 1.807) is 6.07 Å². The smallest absolute Gasteiger partial charge is 0.348 e. The Kier molecular flexibility index (Phi) is 5.20. The van der Waals surface area contributed by atoms with Crippen LogP contribution in [-0.4, -0.2) is 39.6 Å². The predicted molar refractivity (Wildman–Crippen MR) is 86.8 cm³/mol. The van der Waals surface area contributed by atoms with Crippen molar-refractivity contribution in [3.63, 3.8) is 0 Å². The van der Waals surface area contributed by atoms with Crippen molar-refractivity contribution in [2.75, 3.05) is 18.9 Å². The largest absolute Gasteiger partial charge is 0.465 e. The van der Waals surface area contributed by atoms with E-state index < -0.39 is 22.0 Å². The molecule has 0 fully saturated rings. The molecule has 0 aliphatic rings. The molecule has 24 heavy (non-hydrogen) atoms. The Morgan fingerprint density at radius 1 is 1.21 bits per heavy atom. The summed E-state index contributed by atoms with van der Waals surface area (Å²) in [6.07, 6.45) is 2.80. The molecule has 0 aliphatic heterocycles. The van der Waals surface area contributed by atoms with Crippen molar-refractivity contribution in [2.45, 2.75) is 11.1 Å². The zero-order valence-corrected chi connectivity index (χ0v) is 14.7. The second-order valence-electron chi connectivity index (χ2n) is 4.55. The van der Waals surface area contributed by atoms with Gasteiger partial charge >= 0.3 is 11.9 Å². The van der Waals surface area contributed by atoms with Gasteiger partial charge in [0.05, 0.1) is 31.7 Å². The zero-order valence-electron chi connectivity index (χ0n) is 13.0. The summed E-state index contributed by atoms with van der Waals surface area (Å²) < 4.78 is 36.5. The lowest BCUT2D eigenvalue weighted by molar-refractivity contribution is 0.0596. The summed E-state index contributed by atoms with van der Waals surface area (Å²) in [6.45, 7) is 1.46. The van der Waals surface area contributed by atoms with Crippen molar-refractivity contribution in [1.82, 2.24) is 4.98 Å². The summed E-state index contributed by atoms with van der Waals surface area (Å²) in [6, 6.07) is 3.06. The van der Waals surface area contributed by atoms with Gasteiger partial charge in [-0.3, -0.25) is 9.71 Å². The van der Waals surface area contributed by atoms with E-state index in [2.05, 4.69) is 19.2 Å². The van der Waals surface area contributed by atoms with Crippen molar-refractivity contribution >= 4 is 39.0 Å². The van der Waals surface area contributed by atoms with Crippen molar-refractivity contribution in [3.8, 4) is 0 Å². The Morgan fingerprint density at radius 3 is 2.42 bits per heavy atom. The Balaban J connectivity index is 2.59. The first-order valence-corrected chi connectivity index (χ1v) is 8.84. The number of hydrogen-bond acceptors (Lipinski definition) is 8. The summed E-state index contributed by atoms with van der Waals surface area (Å²) >= 11 is 0.642. The molecule has 0 bridgehead atoms. The van der Waals surface area contributed by atoms with E-state index in [1.165, 1.54) is 32.5 Å². The third kappa shape index (κ3) is 3.39. The average molecular weight is 370 g/mol. The average Bonchev–Trinajstić information content (AvgIpc) is 2.92. The lowest BCUT2D eigenvalue weighted by Gasteiger charge is -2.07. The number of anilines is 1. The fourth-order valence-electron chi connectivity index (χ4n) is 1.93. The number of rotatable bonds is 5. The molecule has 0 radical (unpaired) electrons. The van der Waals surface area contributed by atoms with Crippen LogP contribution in [-0.2, 0) is 19.5 Å². The molecule has 2 heterocycles. The van der Waals surface area contributed by atoms with E-state index in [0.29, 0.717) is 11.3 Å². The Morgan fingerprint density at radius 2 is 1.88 bits per heavy atom. The van der Waals surface area contributed by atoms with Crippen LogP contribution in [0.4, 0.5) is 5.69 Å². The summed E-state index contributed by atoms with van der Waals surface area (Å²) in [4.78, 5) is 27.6. The first kappa shape index (κ1) is 17.9. The highest BCUT2D eigenvalue weighted by Crippen LogP contribution is 2.34. The number of nitrogens with one attached hydrogen (secondary N) is 1. The molecule has 128 valence electrons. The quantitative estimate of drug-likeness (QED) is 0.799. The van der Waals surface area contributed by atoms with E-state index in [9.17, 15) is 18.0 Å². The van der Waals surface area contributed by atoms with Crippen LogP contribution in [0.3, 0.4) is 0 Å². The molecule has 1 N–H and O–H groups in total. The van der Waals surface area contributed by atoms with E-state index in [1.807, 2.05) is 0 Å². The van der Waals surface area contributed by atoms with Crippen LogP contribution in [0.25, 0.3) is 0 Å². The van der Waals surface area contributed by atoms with Gasteiger partial charge in [-0.2, -0.15) is 0 Å². The molecule has 0 unspecified atom stereocenters. The number of methoxy groups -OCH3 is 2. The summed E-state index contributed by atoms with van der Waals surface area (Å²) in [7, 11) is -1.83. The zero-order chi connectivity index (χ0) is 17.9. The number of aromatic nitrogens is 1. The monoisotopic (exact) mass is 370 g/mol. The predicted octanol–water partition coefficient (Wildman–Crippen LogP) is 1.83. The van der Waals surface area contributed by atoms with Crippen LogP contribution < -0.4 is 4.72 Å². The van der Waals surface area contributed by atoms with E-state index in [4.69, 9.17) is 0 Å². The van der Waals surface area contributed by atoms with E-state index >= 15 is 0 Å². The third-order valence-electron chi connectivity index (χ3n) is 3.03. The number of ether oxygens (including phenoxy) is 2. The molecule has 0 amide bonds. The van der Waals surface area contributed by atoms with Gasteiger partial charge in [-0.05, 0) is 24.6 Å². The first-order chi connectivity index (χ1) is 11.3. The van der Waals surface area contributed by atoms with Crippen molar-refractivity contribution in [1.29, 1.82) is 0 Å². The summed E-state index contributed by atoms with van der Waals surface area (Å²) in [5.74, 6) is -1.59. The molecule has 0 saturated carbocycles. The highest BCUT2D eigenvalue weighted by atomic mass is 32.2. The molecule has 8 nitrogen and oxygen atoms in total. The van der Waals surface area contributed by atoms with Crippen LogP contribution in [0.5, 0.6) is 0 Å². The van der Waals surface area contributed by atoms with Gasteiger partial charge in [0.15, 0.2) is 4.21 Å². The fraction of sp³-hybridized carbons (Fsp3) is 0.214. The van der Waals surface area contributed by atoms with Gasteiger partial charge in [0.1, 0.15) is 4.88 Å². The molecule has 0 aliphatic carbocycles. The van der Waals surface area contributed by atoms with Crippen LogP contribution >= 0.6 is 11.3 Å². The summed E-state index contributed by atoms with van der Waals surface area (Å²) in [5.41, 5.74) is 0.212. The standard InChI is InChI=1S/C14H14N2O6S2/c1-8-10(12(17)21-2)14(23-11(8)13(18)22-3)24(19,20)16-9-5-4-6-15-7-9/h4-7,16H,1-3H3. The SMILES string of the molecule is COC(=O)c1sc(S(=O)(=O)Nc2cccnc2)c(C(=O)OC)c1C. The molecule has 2 rings (SSSR count). The Labute approximate surface area is 142 Å². The minimum atomic E-state index is -4.12. The maximum atomic E-state index is 12.6. The molecule has 0 aromatic carbocycles. The van der Waals surface area contributed by atoms with Crippen LogP contribution in [0.1, 0.15) is 25.6 Å². The number of esters is 2. The molecule has 2 aromatic heterocycles. The van der Waals surface area contributed by atoms with E-state index in [-0.39, 0.29) is 25.9 Å². The van der Waals surface area contributed by atoms with Crippen molar-refractivity contribution < 1.29 is 27.5 Å². The van der Waals surface area contributed by atoms with Gasteiger partial charge in [0.25, 0.3) is 10.0 Å². The number of nitrogens with zero attached hydrogens (tertiary/aromatic N) is 1. The molecular weight excluding hydrogens is 356 g/mol. The van der Waals surface area contributed by atoms with E-state index in [0.717, 1.165) is 7.11 Å². The number of hydrogen-bond donors (Lipinski definition) is 1. The first-order valence-electron chi connectivity index (χ1n) is 6.54. The topological polar surface area (TPSA) is 112 Å². The summed E-state index contributed by atoms with van der Waals surface area (Å²) in [5, 5.41) is 0. The molecule has 10 heteroatoms. The van der Waals surface area contributed by atoms with Gasteiger partial charge < -0.3 is 9.47 Å². The van der Waals surface area contributed by atoms with Crippen LogP contribution in [0.2, 0.25) is 0 Å². The van der Waals surface area contributed by atoms with Crippen molar-refractivity contribution in [2.24, 2.45) is 0 Å². The lowest BCUT2D eigenvalue weighted by Crippen LogP contribution is -2.16. The van der Waals surface area contributed by atoms with Crippen LogP contribution in [0.15, 0.2) is 28.7 Å². The number of carbonyl (C=O) groups excluding carboxylic acids is 2. The highest BCUT2D eigenvalue weighted by molar-refractivity contribution is 7.94. The van der Waals surface area contributed by atoms with Gasteiger partial charge in [0, 0.05) is 6.20 Å². The highest BCUT2D eigenvalue weighted by Gasteiger charge is 2.32. The van der Waals surface area contributed by atoms with Crippen LogP contribution in [0, 0.1) is 6.92 Å². The van der Waals surface area contributed by atoms with Gasteiger partial charge in [-0.15, -0.1) is 11.3 Å². The molecular formula is C14H14N2O6S2. The number of pyridine rings is 1. The number of carbonyl (C=O) groups is 2. The minimum absolute atomic E-state index is 0.0180. The second-order valence-corrected chi connectivity index (χ2v) is 7.45. The second kappa shape index (κ2) is 6.97. The Hall–Kier alpha value is -2.46. The maximum Gasteiger partial charge on any atom is 0.348 e. The molecule has 0 saturated heterocycles. The normalized spacial score (nSPS) is 11.0. The van der Waals surface area contributed by atoms with Gasteiger partial charge in [0.2, 0.25) is 0 Å². The molecule has 0 atom stereocenters. The lowest BCUT2D eigenvalue weighted by atomic mass is 10.2. The minimum Gasteiger partial charge on any atom is -0.465 e. The number of thiophene rings is 1. The molecule has 0 spiro atoms. The van der Waals surface area contributed by atoms with Gasteiger partial charge in [-0.25, -0.2) is 18.0 Å². The van der Waals surface area contributed by atoms with Gasteiger partial charge in [-0.1, -0.05) is 0 Å².